The fourth-order valence-electron chi connectivity index (χ4n) is 1.88. The van der Waals surface area contributed by atoms with Crippen LogP contribution in [0.3, 0.4) is 0 Å². The Balaban J connectivity index is 2.93. The van der Waals surface area contributed by atoms with E-state index in [1.807, 2.05) is 27.7 Å². The highest BCUT2D eigenvalue weighted by atomic mass is 19.2. The van der Waals surface area contributed by atoms with Gasteiger partial charge >= 0.3 is 0 Å². The van der Waals surface area contributed by atoms with E-state index in [-0.39, 0.29) is 11.5 Å². The standard InChI is InChI=1S/C15H23F2N/c1-10(18)6-5-7-11-8-12(15(2,3)4)9-13(16)14(11)17/h8-10H,5-7,18H2,1-4H3/t10-/m0/s1. The quantitative estimate of drug-likeness (QED) is 0.866. The monoisotopic (exact) mass is 255 g/mol. The highest BCUT2D eigenvalue weighted by molar-refractivity contribution is 5.31. The average Bonchev–Trinajstić information content (AvgIpc) is 2.22. The largest absolute Gasteiger partial charge is 0.328 e. The normalized spacial score (nSPS) is 13.7. The summed E-state index contributed by atoms with van der Waals surface area (Å²) < 4.78 is 27.2. The molecule has 0 bridgehead atoms. The molecule has 0 amide bonds. The molecule has 0 aliphatic rings. The van der Waals surface area contributed by atoms with Gasteiger partial charge in [-0.1, -0.05) is 26.8 Å². The highest BCUT2D eigenvalue weighted by Crippen LogP contribution is 2.26. The van der Waals surface area contributed by atoms with Gasteiger partial charge in [-0.05, 0) is 48.8 Å². The summed E-state index contributed by atoms with van der Waals surface area (Å²) in [7, 11) is 0. The number of nitrogens with two attached hydrogens (primary N) is 1. The van der Waals surface area contributed by atoms with Gasteiger partial charge in [0.05, 0.1) is 0 Å². The van der Waals surface area contributed by atoms with Gasteiger partial charge in [-0.2, -0.15) is 0 Å². The van der Waals surface area contributed by atoms with Crippen molar-refractivity contribution in [2.24, 2.45) is 5.73 Å². The van der Waals surface area contributed by atoms with Crippen LogP contribution in [0.15, 0.2) is 12.1 Å². The Labute approximate surface area is 108 Å². The van der Waals surface area contributed by atoms with E-state index in [0.29, 0.717) is 12.0 Å². The van der Waals surface area contributed by atoms with Crippen LogP contribution in [0, 0.1) is 11.6 Å². The number of benzene rings is 1. The maximum atomic E-state index is 13.7. The molecule has 0 saturated carbocycles. The van der Waals surface area contributed by atoms with E-state index < -0.39 is 11.6 Å². The van der Waals surface area contributed by atoms with Crippen molar-refractivity contribution in [2.45, 2.75) is 58.4 Å². The predicted octanol–water partition coefficient (Wildman–Crippen LogP) is 3.93. The van der Waals surface area contributed by atoms with E-state index in [0.717, 1.165) is 18.4 Å². The first-order chi connectivity index (χ1) is 8.21. The van der Waals surface area contributed by atoms with Crippen LogP contribution in [-0.4, -0.2) is 6.04 Å². The van der Waals surface area contributed by atoms with E-state index in [2.05, 4.69) is 0 Å². The van der Waals surface area contributed by atoms with E-state index >= 15 is 0 Å². The molecule has 102 valence electrons. The molecule has 2 N–H and O–H groups in total. The minimum absolute atomic E-state index is 0.101. The molecule has 1 aromatic carbocycles. The summed E-state index contributed by atoms with van der Waals surface area (Å²) in [6.45, 7) is 7.89. The maximum Gasteiger partial charge on any atom is 0.162 e. The third-order valence-corrected chi connectivity index (χ3v) is 3.08. The number of hydrogen-bond acceptors (Lipinski definition) is 1. The zero-order valence-electron chi connectivity index (χ0n) is 11.7. The predicted molar refractivity (Wildman–Crippen MR) is 71.6 cm³/mol. The molecule has 0 saturated heterocycles. The first-order valence-corrected chi connectivity index (χ1v) is 6.46. The molecular formula is C15H23F2N. The van der Waals surface area contributed by atoms with Gasteiger partial charge in [0.25, 0.3) is 0 Å². The Morgan fingerprint density at radius 2 is 1.83 bits per heavy atom. The zero-order valence-corrected chi connectivity index (χ0v) is 11.7. The van der Waals surface area contributed by atoms with Gasteiger partial charge in [0.2, 0.25) is 0 Å². The second-order valence-electron chi connectivity index (χ2n) is 6.05. The van der Waals surface area contributed by atoms with E-state index in [1.54, 1.807) is 6.07 Å². The molecule has 0 heterocycles. The molecule has 1 nitrogen and oxygen atoms in total. The lowest BCUT2D eigenvalue weighted by molar-refractivity contribution is 0.485. The number of halogens is 2. The van der Waals surface area contributed by atoms with Gasteiger partial charge in [0.1, 0.15) is 0 Å². The molecular weight excluding hydrogens is 232 g/mol. The Kier molecular flexibility index (Phi) is 4.85. The molecule has 0 unspecified atom stereocenters. The van der Waals surface area contributed by atoms with Crippen LogP contribution in [-0.2, 0) is 11.8 Å². The fraction of sp³-hybridized carbons (Fsp3) is 0.600. The van der Waals surface area contributed by atoms with Crippen LogP contribution >= 0.6 is 0 Å². The Morgan fingerprint density at radius 1 is 1.22 bits per heavy atom. The van der Waals surface area contributed by atoms with Crippen LogP contribution in [0.2, 0.25) is 0 Å². The smallest absolute Gasteiger partial charge is 0.162 e. The molecule has 0 spiro atoms. The molecule has 0 aliphatic heterocycles. The van der Waals surface area contributed by atoms with Crippen molar-refractivity contribution < 1.29 is 8.78 Å². The summed E-state index contributed by atoms with van der Waals surface area (Å²) in [5, 5.41) is 0. The lowest BCUT2D eigenvalue weighted by Gasteiger charge is -2.20. The molecule has 0 radical (unpaired) electrons. The third-order valence-electron chi connectivity index (χ3n) is 3.08. The summed E-state index contributed by atoms with van der Waals surface area (Å²) in [6.07, 6.45) is 2.14. The molecule has 0 aromatic heterocycles. The number of rotatable bonds is 4. The summed E-state index contributed by atoms with van der Waals surface area (Å²) in [5.74, 6) is -1.47. The fourth-order valence-corrected chi connectivity index (χ4v) is 1.88. The lowest BCUT2D eigenvalue weighted by atomic mass is 9.85. The molecule has 1 aromatic rings. The SMILES string of the molecule is C[C@H](N)CCCc1cc(C(C)(C)C)cc(F)c1F. The maximum absolute atomic E-state index is 13.7. The molecule has 0 fully saturated rings. The highest BCUT2D eigenvalue weighted by Gasteiger charge is 2.18. The second-order valence-corrected chi connectivity index (χ2v) is 6.05. The lowest BCUT2D eigenvalue weighted by Crippen LogP contribution is -2.15. The van der Waals surface area contributed by atoms with Gasteiger partial charge in [-0.15, -0.1) is 0 Å². The van der Waals surface area contributed by atoms with Crippen molar-refractivity contribution in [1.82, 2.24) is 0 Å². The van der Waals surface area contributed by atoms with Crippen LogP contribution < -0.4 is 5.73 Å². The van der Waals surface area contributed by atoms with E-state index in [1.165, 1.54) is 6.07 Å². The molecule has 1 rings (SSSR count). The minimum atomic E-state index is -0.752. The molecule has 0 aliphatic carbocycles. The van der Waals surface area contributed by atoms with Gasteiger partial charge < -0.3 is 5.73 Å². The zero-order chi connectivity index (χ0) is 13.9. The Morgan fingerprint density at radius 3 is 2.33 bits per heavy atom. The topological polar surface area (TPSA) is 26.0 Å². The number of hydrogen-bond donors (Lipinski definition) is 1. The van der Waals surface area contributed by atoms with Crippen molar-refractivity contribution in [2.75, 3.05) is 0 Å². The van der Waals surface area contributed by atoms with Crippen LogP contribution in [0.1, 0.15) is 51.7 Å². The van der Waals surface area contributed by atoms with Crippen molar-refractivity contribution in [3.8, 4) is 0 Å². The summed E-state index contributed by atoms with van der Waals surface area (Å²) in [6, 6.07) is 3.17. The van der Waals surface area contributed by atoms with Crippen molar-refractivity contribution >= 4 is 0 Å². The molecule has 1 atom stereocenters. The van der Waals surface area contributed by atoms with Crippen LogP contribution in [0.4, 0.5) is 8.78 Å². The third kappa shape index (κ3) is 4.05. The van der Waals surface area contributed by atoms with E-state index in [9.17, 15) is 8.78 Å². The van der Waals surface area contributed by atoms with Gasteiger partial charge in [-0.3, -0.25) is 0 Å². The summed E-state index contributed by atoms with van der Waals surface area (Å²) in [4.78, 5) is 0. The Hall–Kier alpha value is -0.960. The molecule has 3 heteroatoms. The van der Waals surface area contributed by atoms with E-state index in [4.69, 9.17) is 5.73 Å². The molecule has 18 heavy (non-hydrogen) atoms. The summed E-state index contributed by atoms with van der Waals surface area (Å²) >= 11 is 0. The average molecular weight is 255 g/mol. The summed E-state index contributed by atoms with van der Waals surface area (Å²) in [5.41, 5.74) is 6.77. The first-order valence-electron chi connectivity index (χ1n) is 6.46. The minimum Gasteiger partial charge on any atom is -0.328 e. The van der Waals surface area contributed by atoms with Crippen molar-refractivity contribution in [1.29, 1.82) is 0 Å². The van der Waals surface area contributed by atoms with Crippen LogP contribution in [0.25, 0.3) is 0 Å². The first kappa shape index (κ1) is 15.1. The van der Waals surface area contributed by atoms with Gasteiger partial charge in [0.15, 0.2) is 11.6 Å². The van der Waals surface area contributed by atoms with Gasteiger partial charge in [0, 0.05) is 6.04 Å². The van der Waals surface area contributed by atoms with Gasteiger partial charge in [-0.25, -0.2) is 8.78 Å². The van der Waals surface area contributed by atoms with Crippen molar-refractivity contribution in [3.63, 3.8) is 0 Å². The Bertz CT molecular complexity index is 406. The van der Waals surface area contributed by atoms with Crippen molar-refractivity contribution in [3.05, 3.63) is 34.9 Å². The number of aryl methyl sites for hydroxylation is 1. The van der Waals surface area contributed by atoms with Crippen LogP contribution in [0.5, 0.6) is 0 Å². The second kappa shape index (κ2) is 5.79.